The molecule has 0 aliphatic carbocycles. The van der Waals surface area contributed by atoms with Crippen molar-refractivity contribution in [3.05, 3.63) is 59.7 Å². The Labute approximate surface area is 179 Å². The largest absolute Gasteiger partial charge is 0.348 e. The molecule has 2 fully saturated rings. The number of rotatable bonds is 4. The van der Waals surface area contributed by atoms with Gasteiger partial charge < -0.3 is 10.2 Å². The van der Waals surface area contributed by atoms with E-state index in [0.29, 0.717) is 17.9 Å². The molecule has 1 amide bonds. The van der Waals surface area contributed by atoms with E-state index in [2.05, 4.69) is 20.3 Å². The predicted octanol–water partition coefficient (Wildman–Crippen LogP) is 2.13. The highest BCUT2D eigenvalue weighted by molar-refractivity contribution is 7.91. The van der Waals surface area contributed by atoms with Crippen molar-refractivity contribution in [2.24, 2.45) is 0 Å². The molecular formula is C21H22FN5O3S. The third-order valence-corrected chi connectivity index (χ3v) is 7.70. The SMILES string of the molecule is O=C(NC1CCS(=O)(=O)C1)c1cnc2ccc(N3CCC[C@@H]3c3cccc(F)c3)nn12. The Hall–Kier alpha value is -3.01. The second kappa shape index (κ2) is 7.60. The van der Waals surface area contributed by atoms with Gasteiger partial charge >= 0.3 is 0 Å². The van der Waals surface area contributed by atoms with Gasteiger partial charge in [-0.05, 0) is 49.1 Å². The van der Waals surface area contributed by atoms with Crippen LogP contribution in [-0.2, 0) is 9.84 Å². The number of carbonyl (C=O) groups excluding carboxylic acids is 1. The second-order valence-corrected chi connectivity index (χ2v) is 10.3. The van der Waals surface area contributed by atoms with Crippen molar-refractivity contribution in [1.82, 2.24) is 19.9 Å². The third kappa shape index (κ3) is 3.87. The molecule has 4 heterocycles. The molecule has 8 nitrogen and oxygen atoms in total. The van der Waals surface area contributed by atoms with Gasteiger partial charge in [0.2, 0.25) is 0 Å². The van der Waals surface area contributed by atoms with Crippen LogP contribution in [0.2, 0.25) is 0 Å². The van der Waals surface area contributed by atoms with Crippen molar-refractivity contribution in [2.75, 3.05) is 23.0 Å². The maximum absolute atomic E-state index is 13.7. The number of carbonyl (C=O) groups is 1. The number of imidazole rings is 1. The molecule has 1 unspecified atom stereocenters. The van der Waals surface area contributed by atoms with E-state index < -0.39 is 21.8 Å². The van der Waals surface area contributed by atoms with Crippen LogP contribution in [-0.4, -0.2) is 53.0 Å². The van der Waals surface area contributed by atoms with Gasteiger partial charge in [0.1, 0.15) is 11.6 Å². The highest BCUT2D eigenvalue weighted by atomic mass is 32.2. The summed E-state index contributed by atoms with van der Waals surface area (Å²) < 4.78 is 38.6. The van der Waals surface area contributed by atoms with Gasteiger partial charge in [0, 0.05) is 12.6 Å². The molecule has 0 bridgehead atoms. The molecule has 0 radical (unpaired) electrons. The number of anilines is 1. The van der Waals surface area contributed by atoms with E-state index in [1.807, 2.05) is 12.1 Å². The molecule has 2 aliphatic rings. The fourth-order valence-corrected chi connectivity index (χ4v) is 6.11. The minimum absolute atomic E-state index is 0.00476. The minimum atomic E-state index is -3.09. The Morgan fingerprint density at radius 3 is 2.84 bits per heavy atom. The number of benzene rings is 1. The van der Waals surface area contributed by atoms with E-state index in [9.17, 15) is 17.6 Å². The van der Waals surface area contributed by atoms with E-state index in [1.54, 1.807) is 18.2 Å². The fourth-order valence-electron chi connectivity index (χ4n) is 4.44. The van der Waals surface area contributed by atoms with Crippen LogP contribution in [0.3, 0.4) is 0 Å². The molecule has 3 aromatic rings. The van der Waals surface area contributed by atoms with E-state index in [4.69, 9.17) is 0 Å². The fraction of sp³-hybridized carbons (Fsp3) is 0.381. The highest BCUT2D eigenvalue weighted by Gasteiger charge is 2.31. The predicted molar refractivity (Wildman–Crippen MR) is 113 cm³/mol. The summed E-state index contributed by atoms with van der Waals surface area (Å²) in [5, 5.41) is 7.43. The lowest BCUT2D eigenvalue weighted by Crippen LogP contribution is -2.36. The normalized spacial score (nSPS) is 22.8. The van der Waals surface area contributed by atoms with E-state index in [1.165, 1.54) is 16.8 Å². The number of nitrogens with one attached hydrogen (secondary N) is 1. The van der Waals surface area contributed by atoms with Crippen molar-refractivity contribution in [1.29, 1.82) is 0 Å². The maximum atomic E-state index is 13.7. The number of aromatic nitrogens is 3. The van der Waals surface area contributed by atoms with Crippen molar-refractivity contribution < 1.29 is 17.6 Å². The summed E-state index contributed by atoms with van der Waals surface area (Å²) in [7, 11) is -3.09. The summed E-state index contributed by atoms with van der Waals surface area (Å²) >= 11 is 0. The summed E-state index contributed by atoms with van der Waals surface area (Å²) in [6.07, 6.45) is 3.69. The van der Waals surface area contributed by atoms with Crippen LogP contribution in [0.5, 0.6) is 0 Å². The molecule has 2 saturated heterocycles. The van der Waals surface area contributed by atoms with Crippen LogP contribution in [0.15, 0.2) is 42.6 Å². The van der Waals surface area contributed by atoms with Crippen molar-refractivity contribution >= 4 is 27.2 Å². The van der Waals surface area contributed by atoms with Crippen LogP contribution in [0, 0.1) is 5.82 Å². The van der Waals surface area contributed by atoms with Gasteiger partial charge in [-0.3, -0.25) is 4.79 Å². The molecule has 1 aromatic carbocycles. The molecular weight excluding hydrogens is 421 g/mol. The number of fused-ring (bicyclic) bond motifs is 1. The molecule has 1 N–H and O–H groups in total. The number of hydrogen-bond donors (Lipinski definition) is 1. The lowest BCUT2D eigenvalue weighted by molar-refractivity contribution is 0.0934. The second-order valence-electron chi connectivity index (χ2n) is 8.08. The van der Waals surface area contributed by atoms with Crippen molar-refractivity contribution in [3.8, 4) is 0 Å². The topological polar surface area (TPSA) is 96.7 Å². The van der Waals surface area contributed by atoms with Gasteiger partial charge in [-0.25, -0.2) is 22.3 Å². The first kappa shape index (κ1) is 19.9. The van der Waals surface area contributed by atoms with Gasteiger partial charge in [-0.2, -0.15) is 0 Å². The molecule has 2 atom stereocenters. The number of halogens is 1. The summed E-state index contributed by atoms with van der Waals surface area (Å²) in [5.74, 6) is 0.0496. The van der Waals surface area contributed by atoms with Crippen LogP contribution >= 0.6 is 0 Å². The summed E-state index contributed by atoms with van der Waals surface area (Å²) in [5.41, 5.74) is 1.67. The van der Waals surface area contributed by atoms with E-state index in [-0.39, 0.29) is 29.1 Å². The summed E-state index contributed by atoms with van der Waals surface area (Å²) in [6.45, 7) is 0.774. The number of amides is 1. The Balaban J connectivity index is 1.43. The summed E-state index contributed by atoms with van der Waals surface area (Å²) in [6, 6.07) is 9.85. The number of nitrogens with zero attached hydrogens (tertiary/aromatic N) is 4. The average molecular weight is 444 g/mol. The maximum Gasteiger partial charge on any atom is 0.271 e. The van der Waals surface area contributed by atoms with Crippen LogP contribution < -0.4 is 10.2 Å². The number of sulfone groups is 1. The Morgan fingerprint density at radius 1 is 1.19 bits per heavy atom. The first-order valence-corrected chi connectivity index (χ1v) is 12.1. The van der Waals surface area contributed by atoms with Crippen LogP contribution in [0.25, 0.3) is 5.65 Å². The first-order chi connectivity index (χ1) is 14.9. The van der Waals surface area contributed by atoms with Crippen LogP contribution in [0.1, 0.15) is 41.4 Å². The highest BCUT2D eigenvalue weighted by Crippen LogP contribution is 2.35. The number of hydrogen-bond acceptors (Lipinski definition) is 6. The van der Waals surface area contributed by atoms with Crippen molar-refractivity contribution in [2.45, 2.75) is 31.3 Å². The third-order valence-electron chi connectivity index (χ3n) is 5.93. The molecule has 0 saturated carbocycles. The van der Waals surface area contributed by atoms with Gasteiger partial charge in [0.05, 0.1) is 23.7 Å². The lowest BCUT2D eigenvalue weighted by Gasteiger charge is -2.26. The van der Waals surface area contributed by atoms with Gasteiger partial charge in [0.25, 0.3) is 5.91 Å². The monoisotopic (exact) mass is 443 g/mol. The van der Waals surface area contributed by atoms with Gasteiger partial charge in [-0.1, -0.05) is 12.1 Å². The zero-order chi connectivity index (χ0) is 21.6. The summed E-state index contributed by atoms with van der Waals surface area (Å²) in [4.78, 5) is 19.1. The quantitative estimate of drug-likeness (QED) is 0.664. The van der Waals surface area contributed by atoms with Gasteiger partial charge in [0.15, 0.2) is 21.2 Å². The molecule has 2 aliphatic heterocycles. The Morgan fingerprint density at radius 2 is 2.06 bits per heavy atom. The zero-order valence-electron chi connectivity index (χ0n) is 16.7. The van der Waals surface area contributed by atoms with Gasteiger partial charge in [-0.15, -0.1) is 5.10 Å². The smallest absolute Gasteiger partial charge is 0.271 e. The molecule has 0 spiro atoms. The Kier molecular flexibility index (Phi) is 4.88. The lowest BCUT2D eigenvalue weighted by atomic mass is 10.0. The molecule has 162 valence electrons. The average Bonchev–Trinajstić information content (AvgIpc) is 3.45. The van der Waals surface area contributed by atoms with E-state index >= 15 is 0 Å². The Bertz CT molecular complexity index is 1260. The molecule has 10 heteroatoms. The van der Waals surface area contributed by atoms with Crippen molar-refractivity contribution in [3.63, 3.8) is 0 Å². The molecule has 2 aromatic heterocycles. The minimum Gasteiger partial charge on any atom is -0.348 e. The zero-order valence-corrected chi connectivity index (χ0v) is 17.6. The first-order valence-electron chi connectivity index (χ1n) is 10.3. The standard InChI is InChI=1S/C21H22FN5O3S/c22-15-4-1-3-14(11-15)17-5-2-9-26(17)20-7-6-19-23-12-18(27(19)25-20)21(28)24-16-8-10-31(29,30)13-16/h1,3-4,6-7,11-12,16-17H,2,5,8-10,13H2,(H,24,28)/t16?,17-/m1/s1. The van der Waals surface area contributed by atoms with E-state index in [0.717, 1.165) is 24.9 Å². The molecule has 31 heavy (non-hydrogen) atoms. The van der Waals surface area contributed by atoms with Crippen LogP contribution in [0.4, 0.5) is 10.2 Å². The molecule has 5 rings (SSSR count).